The fourth-order valence-electron chi connectivity index (χ4n) is 2.02. The average Bonchev–Trinajstić information content (AvgIpc) is 3.00. The van der Waals surface area contributed by atoms with Crippen molar-refractivity contribution in [3.05, 3.63) is 78.4 Å². The van der Waals surface area contributed by atoms with Crippen molar-refractivity contribution in [3.63, 3.8) is 0 Å². The molecule has 0 saturated heterocycles. The van der Waals surface area contributed by atoms with E-state index in [9.17, 15) is 0 Å². The summed E-state index contributed by atoms with van der Waals surface area (Å²) in [6, 6.07) is 16.2. The number of nitrogens with one attached hydrogen (secondary N) is 2. The molecule has 0 aliphatic carbocycles. The summed E-state index contributed by atoms with van der Waals surface area (Å²) in [5.74, 6) is 0. The third-order valence-corrected chi connectivity index (χ3v) is 2.93. The molecule has 19 heavy (non-hydrogen) atoms. The molecule has 3 rings (SSSR count). The SMILES string of the molecule is c1ccc(C(Nc2cn[nH]c2)c2ccccn2)cc1. The Hall–Kier alpha value is -2.62. The van der Waals surface area contributed by atoms with Crippen LogP contribution < -0.4 is 5.32 Å². The minimum atomic E-state index is 0.0139. The number of nitrogens with zero attached hydrogens (tertiary/aromatic N) is 2. The fourth-order valence-corrected chi connectivity index (χ4v) is 2.02. The van der Waals surface area contributed by atoms with E-state index in [0.29, 0.717) is 0 Å². The van der Waals surface area contributed by atoms with Gasteiger partial charge in [-0.2, -0.15) is 5.10 Å². The molecule has 0 amide bonds. The van der Waals surface area contributed by atoms with Crippen LogP contribution >= 0.6 is 0 Å². The van der Waals surface area contributed by atoms with Crippen LogP contribution in [0.2, 0.25) is 0 Å². The summed E-state index contributed by atoms with van der Waals surface area (Å²) in [6.45, 7) is 0. The largest absolute Gasteiger partial charge is 0.370 e. The van der Waals surface area contributed by atoms with E-state index in [1.54, 1.807) is 6.20 Å². The molecule has 2 heterocycles. The van der Waals surface area contributed by atoms with Crippen LogP contribution in [0.15, 0.2) is 67.1 Å². The van der Waals surface area contributed by atoms with Crippen LogP contribution in [-0.4, -0.2) is 15.2 Å². The van der Waals surface area contributed by atoms with Crippen molar-refractivity contribution in [1.29, 1.82) is 0 Å². The zero-order valence-corrected chi connectivity index (χ0v) is 10.3. The van der Waals surface area contributed by atoms with Crippen molar-refractivity contribution in [2.45, 2.75) is 6.04 Å². The molecule has 0 radical (unpaired) electrons. The van der Waals surface area contributed by atoms with Crippen LogP contribution in [0.1, 0.15) is 17.3 Å². The van der Waals surface area contributed by atoms with E-state index in [2.05, 4.69) is 32.6 Å². The maximum atomic E-state index is 4.44. The Bertz CT molecular complexity index is 566. The summed E-state index contributed by atoms with van der Waals surface area (Å²) >= 11 is 0. The molecule has 0 bridgehead atoms. The van der Waals surface area contributed by atoms with Crippen molar-refractivity contribution < 1.29 is 0 Å². The van der Waals surface area contributed by atoms with Crippen LogP contribution in [0.3, 0.4) is 0 Å². The highest BCUT2D eigenvalue weighted by Crippen LogP contribution is 2.24. The predicted molar refractivity (Wildman–Crippen MR) is 74.7 cm³/mol. The topological polar surface area (TPSA) is 53.6 Å². The first-order valence-electron chi connectivity index (χ1n) is 6.15. The molecule has 0 saturated carbocycles. The molecule has 0 aliphatic rings. The molecule has 0 fully saturated rings. The number of H-pyrrole nitrogens is 1. The normalized spacial score (nSPS) is 12.0. The molecular formula is C15H14N4. The fraction of sp³-hybridized carbons (Fsp3) is 0.0667. The first kappa shape index (κ1) is 11.5. The molecule has 4 heteroatoms. The van der Waals surface area contributed by atoms with Crippen LogP contribution in [0.25, 0.3) is 0 Å². The molecule has 3 aromatic rings. The molecule has 0 aliphatic heterocycles. The van der Waals surface area contributed by atoms with Gasteiger partial charge in [0.2, 0.25) is 0 Å². The molecule has 0 spiro atoms. The highest BCUT2D eigenvalue weighted by Gasteiger charge is 2.14. The molecule has 4 nitrogen and oxygen atoms in total. The Kier molecular flexibility index (Phi) is 3.23. The van der Waals surface area contributed by atoms with E-state index in [0.717, 1.165) is 11.4 Å². The van der Waals surface area contributed by atoms with Crippen molar-refractivity contribution in [2.24, 2.45) is 0 Å². The van der Waals surface area contributed by atoms with E-state index in [1.807, 2.05) is 48.8 Å². The Morgan fingerprint density at radius 2 is 1.84 bits per heavy atom. The van der Waals surface area contributed by atoms with Crippen molar-refractivity contribution >= 4 is 5.69 Å². The Morgan fingerprint density at radius 1 is 1.00 bits per heavy atom. The summed E-state index contributed by atoms with van der Waals surface area (Å²) in [7, 11) is 0. The van der Waals surface area contributed by atoms with Crippen molar-refractivity contribution in [1.82, 2.24) is 15.2 Å². The smallest absolute Gasteiger partial charge is 0.0940 e. The third-order valence-electron chi connectivity index (χ3n) is 2.93. The van der Waals surface area contributed by atoms with Crippen LogP contribution in [-0.2, 0) is 0 Å². The highest BCUT2D eigenvalue weighted by molar-refractivity contribution is 5.44. The van der Waals surface area contributed by atoms with E-state index in [4.69, 9.17) is 0 Å². The quantitative estimate of drug-likeness (QED) is 0.748. The van der Waals surface area contributed by atoms with Gasteiger partial charge in [0.25, 0.3) is 0 Å². The second-order valence-electron chi connectivity index (χ2n) is 4.23. The lowest BCUT2D eigenvalue weighted by Crippen LogP contribution is -2.13. The van der Waals surface area contributed by atoms with Crippen molar-refractivity contribution in [3.8, 4) is 0 Å². The van der Waals surface area contributed by atoms with Gasteiger partial charge in [-0.3, -0.25) is 10.1 Å². The number of aromatic amines is 1. The minimum Gasteiger partial charge on any atom is -0.370 e. The number of pyridine rings is 1. The van der Waals surface area contributed by atoms with Gasteiger partial charge in [-0.25, -0.2) is 0 Å². The van der Waals surface area contributed by atoms with Gasteiger partial charge in [-0.1, -0.05) is 36.4 Å². The standard InChI is InChI=1S/C15H14N4/c1-2-6-12(7-3-1)15(14-8-4-5-9-16-14)19-13-10-17-18-11-13/h1-11,15,19H,(H,17,18). The van der Waals surface area contributed by atoms with E-state index in [-0.39, 0.29) is 6.04 Å². The van der Waals surface area contributed by atoms with Gasteiger partial charge in [-0.15, -0.1) is 0 Å². The first-order valence-corrected chi connectivity index (χ1v) is 6.15. The zero-order chi connectivity index (χ0) is 12.9. The van der Waals surface area contributed by atoms with E-state index >= 15 is 0 Å². The monoisotopic (exact) mass is 250 g/mol. The third kappa shape index (κ3) is 2.63. The zero-order valence-electron chi connectivity index (χ0n) is 10.3. The average molecular weight is 250 g/mol. The molecule has 1 unspecified atom stereocenters. The number of anilines is 1. The molecule has 1 aromatic carbocycles. The lowest BCUT2D eigenvalue weighted by atomic mass is 10.0. The van der Waals surface area contributed by atoms with Crippen LogP contribution in [0, 0.1) is 0 Å². The van der Waals surface area contributed by atoms with Crippen molar-refractivity contribution in [2.75, 3.05) is 5.32 Å². The summed E-state index contributed by atoms with van der Waals surface area (Å²) in [4.78, 5) is 4.44. The van der Waals surface area contributed by atoms with E-state index < -0.39 is 0 Å². The van der Waals surface area contributed by atoms with Gasteiger partial charge < -0.3 is 5.32 Å². The number of aromatic nitrogens is 3. The summed E-state index contributed by atoms with van der Waals surface area (Å²) < 4.78 is 0. The predicted octanol–water partition coefficient (Wildman–Crippen LogP) is 3.01. The highest BCUT2D eigenvalue weighted by atomic mass is 15.1. The summed E-state index contributed by atoms with van der Waals surface area (Å²) in [5.41, 5.74) is 3.09. The summed E-state index contributed by atoms with van der Waals surface area (Å²) in [6.07, 6.45) is 5.40. The van der Waals surface area contributed by atoms with Gasteiger partial charge in [0, 0.05) is 12.4 Å². The molecule has 94 valence electrons. The second kappa shape index (κ2) is 5.35. The van der Waals surface area contributed by atoms with Gasteiger partial charge in [0.05, 0.1) is 23.6 Å². The first-order chi connectivity index (χ1) is 9.43. The Labute approximate surface area is 111 Å². The number of hydrogen-bond acceptors (Lipinski definition) is 3. The van der Waals surface area contributed by atoms with Gasteiger partial charge in [0.15, 0.2) is 0 Å². The maximum Gasteiger partial charge on any atom is 0.0940 e. The van der Waals surface area contributed by atoms with Gasteiger partial charge in [-0.05, 0) is 17.7 Å². The van der Waals surface area contributed by atoms with Gasteiger partial charge >= 0.3 is 0 Å². The van der Waals surface area contributed by atoms with Crippen LogP contribution in [0.5, 0.6) is 0 Å². The van der Waals surface area contributed by atoms with Gasteiger partial charge in [0.1, 0.15) is 0 Å². The number of rotatable bonds is 4. The molecule has 2 N–H and O–H groups in total. The molecular weight excluding hydrogens is 236 g/mol. The van der Waals surface area contributed by atoms with E-state index in [1.165, 1.54) is 5.56 Å². The lowest BCUT2D eigenvalue weighted by molar-refractivity contribution is 0.887. The Morgan fingerprint density at radius 3 is 2.53 bits per heavy atom. The van der Waals surface area contributed by atoms with Crippen LogP contribution in [0.4, 0.5) is 5.69 Å². The minimum absolute atomic E-state index is 0.0139. The Balaban J connectivity index is 1.96. The number of benzene rings is 1. The number of hydrogen-bond donors (Lipinski definition) is 2. The summed E-state index contributed by atoms with van der Waals surface area (Å²) in [5, 5.41) is 10.2. The molecule has 2 aromatic heterocycles. The molecule has 1 atom stereocenters. The second-order valence-corrected chi connectivity index (χ2v) is 4.23. The lowest BCUT2D eigenvalue weighted by Gasteiger charge is -2.18. The maximum absolute atomic E-state index is 4.44.